The lowest BCUT2D eigenvalue weighted by molar-refractivity contribution is 0.282. The van der Waals surface area contributed by atoms with E-state index < -0.39 is 7.82 Å². The zero-order valence-corrected chi connectivity index (χ0v) is 9.82. The van der Waals surface area contributed by atoms with E-state index in [1.165, 1.54) is 6.07 Å². The third-order valence-corrected chi connectivity index (χ3v) is 2.58. The van der Waals surface area contributed by atoms with Gasteiger partial charge in [-0.2, -0.15) is 0 Å². The molecule has 4 nitrogen and oxygen atoms in total. The summed E-state index contributed by atoms with van der Waals surface area (Å²) in [4.78, 5) is 17.1. The molecule has 1 aromatic carbocycles. The summed E-state index contributed by atoms with van der Waals surface area (Å²) in [6.07, 6.45) is 0. The van der Waals surface area contributed by atoms with Crippen LogP contribution in [0.5, 0.6) is 5.75 Å². The average Bonchev–Trinajstić information content (AvgIpc) is 1.93. The Labute approximate surface area is 89.3 Å². The van der Waals surface area contributed by atoms with Crippen LogP contribution in [-0.4, -0.2) is 9.79 Å². The standard InChI is InChI=1S/C7H8IO4P/c1-5-2-3-7(6(8)4-5)12-13(9,10)11/h2-4H,1H3,(H2,9,10,11). The molecule has 0 bridgehead atoms. The maximum Gasteiger partial charge on any atom is 0.524 e. The van der Waals surface area contributed by atoms with Crippen LogP contribution in [0.15, 0.2) is 18.2 Å². The smallest absolute Gasteiger partial charge is 0.403 e. The second kappa shape index (κ2) is 3.96. The maximum absolute atomic E-state index is 10.5. The first-order chi connectivity index (χ1) is 5.88. The Kier molecular flexibility index (Phi) is 3.34. The van der Waals surface area contributed by atoms with Crippen molar-refractivity contribution in [3.8, 4) is 5.75 Å². The van der Waals surface area contributed by atoms with Crippen molar-refractivity contribution >= 4 is 30.4 Å². The highest BCUT2D eigenvalue weighted by Crippen LogP contribution is 2.39. The second-order valence-electron chi connectivity index (χ2n) is 2.52. The van der Waals surface area contributed by atoms with E-state index >= 15 is 0 Å². The molecular formula is C7H8IO4P. The predicted octanol–water partition coefficient (Wildman–Crippen LogP) is 2.07. The molecule has 0 spiro atoms. The highest BCUT2D eigenvalue weighted by molar-refractivity contribution is 14.1. The summed E-state index contributed by atoms with van der Waals surface area (Å²) in [7, 11) is -4.43. The van der Waals surface area contributed by atoms with Crippen molar-refractivity contribution in [3.63, 3.8) is 0 Å². The quantitative estimate of drug-likeness (QED) is 0.648. The predicted molar refractivity (Wildman–Crippen MR) is 56.6 cm³/mol. The van der Waals surface area contributed by atoms with Crippen LogP contribution < -0.4 is 4.52 Å². The number of phosphoric acid groups is 1. The van der Waals surface area contributed by atoms with E-state index in [1.54, 1.807) is 12.1 Å². The molecule has 0 amide bonds. The molecule has 2 N–H and O–H groups in total. The summed E-state index contributed by atoms with van der Waals surface area (Å²) < 4.78 is 15.6. The van der Waals surface area contributed by atoms with Crippen molar-refractivity contribution in [2.24, 2.45) is 0 Å². The largest absolute Gasteiger partial charge is 0.524 e. The fraction of sp³-hybridized carbons (Fsp3) is 0.143. The normalized spacial score (nSPS) is 11.4. The van der Waals surface area contributed by atoms with Gasteiger partial charge in [-0.05, 0) is 47.2 Å². The molecule has 72 valence electrons. The summed E-state index contributed by atoms with van der Waals surface area (Å²) in [6, 6.07) is 5.05. The highest BCUT2D eigenvalue weighted by Gasteiger charge is 2.17. The molecule has 13 heavy (non-hydrogen) atoms. The van der Waals surface area contributed by atoms with Crippen molar-refractivity contribution in [2.45, 2.75) is 6.92 Å². The molecule has 0 fully saturated rings. The first-order valence-corrected chi connectivity index (χ1v) is 6.01. The minimum atomic E-state index is -4.43. The number of benzene rings is 1. The van der Waals surface area contributed by atoms with Crippen molar-refractivity contribution < 1.29 is 18.9 Å². The number of rotatable bonds is 2. The van der Waals surface area contributed by atoms with Crippen LogP contribution in [0.1, 0.15) is 5.56 Å². The van der Waals surface area contributed by atoms with Crippen LogP contribution in [0.25, 0.3) is 0 Å². The summed E-state index contributed by atoms with van der Waals surface area (Å²) in [5, 5.41) is 0. The van der Waals surface area contributed by atoms with Gasteiger partial charge in [0.25, 0.3) is 0 Å². The van der Waals surface area contributed by atoms with Crippen molar-refractivity contribution in [1.29, 1.82) is 0 Å². The molecule has 6 heteroatoms. The number of hydrogen-bond donors (Lipinski definition) is 2. The Morgan fingerprint density at radius 1 is 1.46 bits per heavy atom. The molecule has 0 atom stereocenters. The van der Waals surface area contributed by atoms with E-state index in [0.29, 0.717) is 3.57 Å². The van der Waals surface area contributed by atoms with Crippen LogP contribution in [0.3, 0.4) is 0 Å². The molecule has 1 rings (SSSR count). The van der Waals surface area contributed by atoms with Gasteiger partial charge in [-0.15, -0.1) is 0 Å². The van der Waals surface area contributed by atoms with E-state index in [0.717, 1.165) is 5.56 Å². The second-order valence-corrected chi connectivity index (χ2v) is 4.84. The maximum atomic E-state index is 10.5. The Bertz CT molecular complexity index is 360. The summed E-state index contributed by atoms with van der Waals surface area (Å²) >= 11 is 1.96. The first-order valence-electron chi connectivity index (χ1n) is 3.40. The molecular weight excluding hydrogens is 306 g/mol. The van der Waals surface area contributed by atoms with Crippen molar-refractivity contribution in [3.05, 3.63) is 27.3 Å². The van der Waals surface area contributed by atoms with Gasteiger partial charge in [-0.3, -0.25) is 9.79 Å². The number of phosphoric ester groups is 1. The topological polar surface area (TPSA) is 66.8 Å². The van der Waals surface area contributed by atoms with Crippen LogP contribution >= 0.6 is 30.4 Å². The minimum absolute atomic E-state index is 0.208. The molecule has 0 aliphatic rings. The zero-order valence-electron chi connectivity index (χ0n) is 6.77. The van der Waals surface area contributed by atoms with E-state index in [9.17, 15) is 4.57 Å². The van der Waals surface area contributed by atoms with Crippen molar-refractivity contribution in [1.82, 2.24) is 0 Å². The molecule has 0 heterocycles. The Morgan fingerprint density at radius 2 is 2.08 bits per heavy atom. The fourth-order valence-electron chi connectivity index (χ4n) is 0.808. The van der Waals surface area contributed by atoms with E-state index in [2.05, 4.69) is 4.52 Å². The van der Waals surface area contributed by atoms with Crippen LogP contribution in [0, 0.1) is 10.5 Å². The van der Waals surface area contributed by atoms with Gasteiger partial charge in [0.1, 0.15) is 5.75 Å². The van der Waals surface area contributed by atoms with Crippen LogP contribution in [0.2, 0.25) is 0 Å². The number of hydrogen-bond acceptors (Lipinski definition) is 2. The van der Waals surface area contributed by atoms with Gasteiger partial charge in [0, 0.05) is 0 Å². The summed E-state index contributed by atoms with van der Waals surface area (Å²) in [5.74, 6) is 0.208. The fourth-order valence-corrected chi connectivity index (χ4v) is 2.18. The van der Waals surface area contributed by atoms with E-state index in [-0.39, 0.29) is 5.75 Å². The molecule has 0 unspecified atom stereocenters. The number of aryl methyl sites for hydroxylation is 1. The van der Waals surface area contributed by atoms with Gasteiger partial charge in [0.2, 0.25) is 0 Å². The third kappa shape index (κ3) is 3.64. The lowest BCUT2D eigenvalue weighted by Gasteiger charge is -2.08. The lowest BCUT2D eigenvalue weighted by atomic mass is 10.2. The van der Waals surface area contributed by atoms with Gasteiger partial charge in [-0.25, -0.2) is 4.57 Å². The summed E-state index contributed by atoms with van der Waals surface area (Å²) in [5.41, 5.74) is 1.02. The molecule has 1 aromatic rings. The molecule has 0 radical (unpaired) electrons. The average molecular weight is 314 g/mol. The van der Waals surface area contributed by atoms with E-state index in [4.69, 9.17) is 9.79 Å². The SMILES string of the molecule is Cc1ccc(OP(=O)(O)O)c(I)c1. The molecule has 0 aromatic heterocycles. The third-order valence-electron chi connectivity index (χ3n) is 1.30. The Hall–Kier alpha value is -0.100. The number of halogens is 1. The minimum Gasteiger partial charge on any atom is -0.403 e. The van der Waals surface area contributed by atoms with Gasteiger partial charge in [-0.1, -0.05) is 6.07 Å². The monoisotopic (exact) mass is 314 g/mol. The highest BCUT2D eigenvalue weighted by atomic mass is 127. The van der Waals surface area contributed by atoms with Crippen LogP contribution in [0.4, 0.5) is 0 Å². The van der Waals surface area contributed by atoms with Gasteiger partial charge in [0.15, 0.2) is 0 Å². The van der Waals surface area contributed by atoms with E-state index in [1.807, 2.05) is 29.5 Å². The van der Waals surface area contributed by atoms with Crippen LogP contribution in [-0.2, 0) is 4.57 Å². The molecule has 0 aliphatic carbocycles. The van der Waals surface area contributed by atoms with Gasteiger partial charge >= 0.3 is 7.82 Å². The summed E-state index contributed by atoms with van der Waals surface area (Å²) in [6.45, 7) is 1.89. The zero-order chi connectivity index (χ0) is 10.1. The van der Waals surface area contributed by atoms with Gasteiger partial charge in [0.05, 0.1) is 3.57 Å². The lowest BCUT2D eigenvalue weighted by Crippen LogP contribution is -1.92. The van der Waals surface area contributed by atoms with Gasteiger partial charge < -0.3 is 4.52 Å². The van der Waals surface area contributed by atoms with Crippen molar-refractivity contribution in [2.75, 3.05) is 0 Å². The Morgan fingerprint density at radius 3 is 2.54 bits per heavy atom. The molecule has 0 saturated carbocycles. The molecule has 0 saturated heterocycles. The first kappa shape index (κ1) is 11.0. The molecule has 0 aliphatic heterocycles. The Balaban J connectivity index is 2.97.